The number of carbonyl (C=O) groups excluding carboxylic acids is 2. The topological polar surface area (TPSA) is 49.4 Å². The molecule has 0 saturated carbocycles. The van der Waals surface area contributed by atoms with Gasteiger partial charge in [-0.1, -0.05) is 24.3 Å². The lowest BCUT2D eigenvalue weighted by Gasteiger charge is -2.31. The fourth-order valence-electron chi connectivity index (χ4n) is 3.36. The van der Waals surface area contributed by atoms with Crippen LogP contribution >= 0.6 is 0 Å². The second-order valence-corrected chi connectivity index (χ2v) is 6.16. The van der Waals surface area contributed by atoms with E-state index in [0.717, 1.165) is 25.7 Å². The van der Waals surface area contributed by atoms with Gasteiger partial charge in [-0.15, -0.1) is 0 Å². The lowest BCUT2D eigenvalue weighted by atomic mass is 9.87. The zero-order valence-corrected chi connectivity index (χ0v) is 12.5. The summed E-state index contributed by atoms with van der Waals surface area (Å²) < 4.78 is 0. The maximum Gasteiger partial charge on any atom is 0.224 e. The third kappa shape index (κ3) is 2.94. The Balaban J connectivity index is 1.67. The Kier molecular flexibility index (Phi) is 3.95. The molecule has 1 saturated heterocycles. The fraction of sp³-hybridized carbons (Fsp3) is 0.529. The van der Waals surface area contributed by atoms with Gasteiger partial charge >= 0.3 is 0 Å². The molecule has 1 aromatic carbocycles. The summed E-state index contributed by atoms with van der Waals surface area (Å²) in [5.74, 6) is -0.0496. The molecular weight excluding hydrogens is 264 g/mol. The number of piperidine rings is 1. The van der Waals surface area contributed by atoms with Crippen molar-refractivity contribution >= 4 is 11.8 Å². The number of nitrogens with one attached hydrogen (secondary N) is 1. The van der Waals surface area contributed by atoms with Crippen LogP contribution in [0.3, 0.4) is 0 Å². The van der Waals surface area contributed by atoms with Crippen LogP contribution in [0.15, 0.2) is 24.3 Å². The van der Waals surface area contributed by atoms with Gasteiger partial charge in [-0.2, -0.15) is 0 Å². The largest absolute Gasteiger partial charge is 0.349 e. The van der Waals surface area contributed by atoms with E-state index in [1.165, 1.54) is 11.1 Å². The van der Waals surface area contributed by atoms with Gasteiger partial charge < -0.3 is 10.2 Å². The van der Waals surface area contributed by atoms with Gasteiger partial charge in [-0.05, 0) is 36.8 Å². The lowest BCUT2D eigenvalue weighted by Crippen LogP contribution is -2.43. The fourth-order valence-corrected chi connectivity index (χ4v) is 3.36. The smallest absolute Gasteiger partial charge is 0.224 e. The van der Waals surface area contributed by atoms with Crippen molar-refractivity contribution in [1.82, 2.24) is 10.2 Å². The summed E-state index contributed by atoms with van der Waals surface area (Å²) in [7, 11) is 1.80. The maximum absolute atomic E-state index is 12.4. The van der Waals surface area contributed by atoms with Gasteiger partial charge in [-0.3, -0.25) is 9.59 Å². The molecule has 21 heavy (non-hydrogen) atoms. The van der Waals surface area contributed by atoms with E-state index in [1.54, 1.807) is 11.9 Å². The number of carbonyl (C=O) groups is 2. The van der Waals surface area contributed by atoms with Crippen LogP contribution < -0.4 is 5.32 Å². The first kappa shape index (κ1) is 14.1. The number of hydrogen-bond donors (Lipinski definition) is 1. The van der Waals surface area contributed by atoms with Crippen LogP contribution in [0.25, 0.3) is 0 Å². The summed E-state index contributed by atoms with van der Waals surface area (Å²) in [6.07, 6.45) is 4.30. The van der Waals surface area contributed by atoms with Crippen molar-refractivity contribution in [3.8, 4) is 0 Å². The average Bonchev–Trinajstić information content (AvgIpc) is 2.50. The van der Waals surface area contributed by atoms with Crippen molar-refractivity contribution in [1.29, 1.82) is 0 Å². The number of likely N-dealkylation sites (tertiary alicyclic amines) is 1. The molecule has 4 heteroatoms. The van der Waals surface area contributed by atoms with E-state index in [9.17, 15) is 9.59 Å². The van der Waals surface area contributed by atoms with Crippen LogP contribution in [-0.2, 0) is 16.0 Å². The minimum absolute atomic E-state index is 0.0400. The quantitative estimate of drug-likeness (QED) is 0.904. The zero-order chi connectivity index (χ0) is 14.8. The van der Waals surface area contributed by atoms with Crippen LogP contribution in [0, 0.1) is 5.92 Å². The first-order valence-corrected chi connectivity index (χ1v) is 7.77. The Labute approximate surface area is 125 Å². The van der Waals surface area contributed by atoms with Gasteiger partial charge in [0.2, 0.25) is 11.8 Å². The Morgan fingerprint density at radius 3 is 2.90 bits per heavy atom. The first-order valence-electron chi connectivity index (χ1n) is 7.77. The molecule has 112 valence electrons. The molecule has 2 unspecified atom stereocenters. The maximum atomic E-state index is 12.4. The number of rotatable bonds is 2. The number of nitrogens with zero attached hydrogens (tertiary/aromatic N) is 1. The summed E-state index contributed by atoms with van der Waals surface area (Å²) in [4.78, 5) is 25.9. The van der Waals surface area contributed by atoms with E-state index in [2.05, 4.69) is 23.5 Å². The summed E-state index contributed by atoms with van der Waals surface area (Å²) in [5.41, 5.74) is 2.59. The Bertz CT molecular complexity index is 555. The molecule has 4 nitrogen and oxygen atoms in total. The van der Waals surface area contributed by atoms with Gasteiger partial charge in [0.1, 0.15) is 0 Å². The van der Waals surface area contributed by atoms with E-state index in [1.807, 2.05) is 6.07 Å². The molecule has 2 atom stereocenters. The molecule has 3 rings (SSSR count). The molecule has 0 radical (unpaired) electrons. The molecular formula is C17H22N2O2. The highest BCUT2D eigenvalue weighted by Crippen LogP contribution is 2.30. The predicted molar refractivity (Wildman–Crippen MR) is 80.6 cm³/mol. The highest BCUT2D eigenvalue weighted by molar-refractivity contribution is 5.87. The van der Waals surface area contributed by atoms with Crippen LogP contribution in [-0.4, -0.2) is 30.3 Å². The highest BCUT2D eigenvalue weighted by atomic mass is 16.2. The average molecular weight is 286 g/mol. The monoisotopic (exact) mass is 286 g/mol. The van der Waals surface area contributed by atoms with Gasteiger partial charge in [0, 0.05) is 25.9 Å². The number of amides is 2. The van der Waals surface area contributed by atoms with E-state index in [-0.39, 0.29) is 23.8 Å². The second kappa shape index (κ2) is 5.88. The van der Waals surface area contributed by atoms with Crippen LogP contribution in [0.5, 0.6) is 0 Å². The highest BCUT2D eigenvalue weighted by Gasteiger charge is 2.30. The summed E-state index contributed by atoms with van der Waals surface area (Å²) in [6.45, 7) is 0.679. The van der Waals surface area contributed by atoms with Crippen LogP contribution in [0.2, 0.25) is 0 Å². The second-order valence-electron chi connectivity index (χ2n) is 6.16. The normalized spacial score (nSPS) is 25.4. The number of benzene rings is 1. The molecule has 1 fully saturated rings. The van der Waals surface area contributed by atoms with Crippen molar-refractivity contribution in [2.45, 2.75) is 38.1 Å². The van der Waals surface area contributed by atoms with Crippen LogP contribution in [0.1, 0.15) is 42.9 Å². The van der Waals surface area contributed by atoms with Crippen LogP contribution in [0.4, 0.5) is 0 Å². The molecule has 0 aromatic heterocycles. The third-order valence-corrected chi connectivity index (χ3v) is 4.72. The molecule has 1 aliphatic carbocycles. The predicted octanol–water partition coefficient (Wildman–Crippen LogP) is 2.05. The molecule has 1 aromatic rings. The minimum Gasteiger partial charge on any atom is -0.349 e. The van der Waals surface area contributed by atoms with Gasteiger partial charge in [-0.25, -0.2) is 0 Å². The molecule has 2 amide bonds. The zero-order valence-electron chi connectivity index (χ0n) is 12.5. The number of aryl methyl sites for hydroxylation is 1. The summed E-state index contributed by atoms with van der Waals surface area (Å²) >= 11 is 0. The van der Waals surface area contributed by atoms with E-state index < -0.39 is 0 Å². The molecule has 1 aliphatic heterocycles. The first-order chi connectivity index (χ1) is 10.1. The van der Waals surface area contributed by atoms with Crippen molar-refractivity contribution in [3.63, 3.8) is 0 Å². The van der Waals surface area contributed by atoms with E-state index in [4.69, 9.17) is 0 Å². The third-order valence-electron chi connectivity index (χ3n) is 4.72. The molecule has 0 spiro atoms. The van der Waals surface area contributed by atoms with Crippen molar-refractivity contribution in [2.24, 2.45) is 5.92 Å². The van der Waals surface area contributed by atoms with Gasteiger partial charge in [0.25, 0.3) is 0 Å². The van der Waals surface area contributed by atoms with Crippen molar-refractivity contribution in [2.75, 3.05) is 13.6 Å². The Morgan fingerprint density at radius 2 is 2.10 bits per heavy atom. The Hall–Kier alpha value is -1.84. The molecule has 0 bridgehead atoms. The standard InChI is InChI=1S/C17H22N2O2/c1-19-10-9-13(11-16(19)20)17(21)18-15-8-4-6-12-5-2-3-7-14(12)15/h2-3,5,7,13,15H,4,6,8-11H2,1H3,(H,18,21). The SMILES string of the molecule is CN1CCC(C(=O)NC2CCCc3ccccc32)CC1=O. The number of hydrogen-bond acceptors (Lipinski definition) is 2. The molecule has 1 N–H and O–H groups in total. The molecule has 2 aliphatic rings. The minimum atomic E-state index is -0.164. The van der Waals surface area contributed by atoms with Crippen molar-refractivity contribution in [3.05, 3.63) is 35.4 Å². The van der Waals surface area contributed by atoms with Gasteiger partial charge in [0.05, 0.1) is 6.04 Å². The van der Waals surface area contributed by atoms with E-state index in [0.29, 0.717) is 13.0 Å². The summed E-state index contributed by atoms with van der Waals surface area (Å²) in [6, 6.07) is 8.45. The van der Waals surface area contributed by atoms with E-state index >= 15 is 0 Å². The molecule has 1 heterocycles. The lowest BCUT2D eigenvalue weighted by molar-refractivity contribution is -0.139. The number of fused-ring (bicyclic) bond motifs is 1. The summed E-state index contributed by atoms with van der Waals surface area (Å²) in [5, 5.41) is 3.17. The van der Waals surface area contributed by atoms with Crippen molar-refractivity contribution < 1.29 is 9.59 Å². The Morgan fingerprint density at radius 1 is 1.29 bits per heavy atom. The van der Waals surface area contributed by atoms with Gasteiger partial charge in [0.15, 0.2) is 0 Å².